The Hall–Kier alpha value is 0.650. The quantitative estimate of drug-likeness (QED) is 0.684. The molecule has 0 radical (unpaired) electrons. The number of hydrogen-bond donors (Lipinski definition) is 0. The predicted octanol–water partition coefficient (Wildman–Crippen LogP) is 4.68. The first-order valence-corrected chi connectivity index (χ1v) is 5.84. The Kier molecular flexibility index (Phi) is 5.92. The van der Waals surface area contributed by atoms with Crippen molar-refractivity contribution in [2.75, 3.05) is 0 Å². The van der Waals surface area contributed by atoms with Crippen LogP contribution in [0.2, 0.25) is 0 Å². The van der Waals surface area contributed by atoms with E-state index in [1.165, 1.54) is 0 Å². The summed E-state index contributed by atoms with van der Waals surface area (Å²) in [5, 5.41) is 8.23. The summed E-state index contributed by atoms with van der Waals surface area (Å²) < 4.78 is -1.32. The molecule has 5 heteroatoms. The molecule has 82 valence electrons. The molecule has 0 spiro atoms. The molecule has 0 N–H and O–H groups in total. The van der Waals surface area contributed by atoms with Gasteiger partial charge in [0.1, 0.15) is 0 Å². The van der Waals surface area contributed by atoms with E-state index in [9.17, 15) is 0 Å². The molecule has 0 fully saturated rings. The Morgan fingerprint density at radius 2 is 1.79 bits per heavy atom. The molecule has 0 aliphatic rings. The molecule has 0 aliphatic carbocycles. The fourth-order valence-corrected chi connectivity index (χ4v) is 2.05. The van der Waals surface area contributed by atoms with Crippen LogP contribution in [0.25, 0.3) is 0 Å². The zero-order chi connectivity index (χ0) is 11.4. The third-order valence-corrected chi connectivity index (χ3v) is 3.35. The summed E-state index contributed by atoms with van der Waals surface area (Å²) in [5.74, 6) is 0. The minimum Gasteiger partial charge on any atom is -0.198 e. The molecule has 0 rings (SSSR count). The SMILES string of the molecule is CC(C)(CCC#N)C(Cl)CC(Cl)(Cl)Cl. The van der Waals surface area contributed by atoms with Gasteiger partial charge in [0.25, 0.3) is 0 Å². The van der Waals surface area contributed by atoms with Crippen LogP contribution in [0.3, 0.4) is 0 Å². The van der Waals surface area contributed by atoms with Gasteiger partial charge < -0.3 is 0 Å². The highest BCUT2D eigenvalue weighted by Crippen LogP contribution is 2.41. The van der Waals surface area contributed by atoms with E-state index in [0.29, 0.717) is 12.8 Å². The zero-order valence-electron chi connectivity index (χ0n) is 8.16. The molecule has 1 atom stereocenters. The molecule has 1 nitrogen and oxygen atoms in total. The fourth-order valence-electron chi connectivity index (χ4n) is 1.01. The van der Waals surface area contributed by atoms with E-state index >= 15 is 0 Å². The highest BCUT2D eigenvalue weighted by molar-refractivity contribution is 6.67. The maximum absolute atomic E-state index is 8.47. The van der Waals surface area contributed by atoms with Crippen LogP contribution in [-0.4, -0.2) is 9.17 Å². The lowest BCUT2D eigenvalue weighted by Gasteiger charge is -2.31. The summed E-state index contributed by atoms with van der Waals surface area (Å²) >= 11 is 23.1. The monoisotopic (exact) mass is 275 g/mol. The second-order valence-electron chi connectivity index (χ2n) is 3.93. The summed E-state index contributed by atoms with van der Waals surface area (Å²) in [4.78, 5) is 0. The lowest BCUT2D eigenvalue weighted by atomic mass is 9.83. The number of nitrogens with zero attached hydrogens (tertiary/aromatic N) is 1. The Morgan fingerprint density at radius 3 is 2.14 bits per heavy atom. The van der Waals surface area contributed by atoms with Crippen LogP contribution in [0, 0.1) is 16.7 Å². The van der Waals surface area contributed by atoms with Crippen LogP contribution < -0.4 is 0 Å². The molecule has 14 heavy (non-hydrogen) atoms. The Bertz CT molecular complexity index is 214. The third-order valence-electron chi connectivity index (χ3n) is 2.14. The Balaban J connectivity index is 4.22. The molecule has 0 aromatic carbocycles. The van der Waals surface area contributed by atoms with Crippen molar-refractivity contribution in [1.29, 1.82) is 5.26 Å². The summed E-state index contributed by atoms with van der Waals surface area (Å²) in [5.41, 5.74) is -0.193. The molecule has 0 aliphatic heterocycles. The first-order valence-electron chi connectivity index (χ1n) is 4.27. The van der Waals surface area contributed by atoms with Gasteiger partial charge in [0.15, 0.2) is 3.79 Å². The smallest absolute Gasteiger partial charge is 0.192 e. The van der Waals surface area contributed by atoms with E-state index in [1.54, 1.807) is 0 Å². The zero-order valence-corrected chi connectivity index (χ0v) is 11.2. The van der Waals surface area contributed by atoms with E-state index in [0.717, 1.165) is 0 Å². The van der Waals surface area contributed by atoms with Crippen molar-refractivity contribution in [1.82, 2.24) is 0 Å². The fraction of sp³-hybridized carbons (Fsp3) is 0.889. The maximum Gasteiger partial charge on any atom is 0.192 e. The first kappa shape index (κ1) is 14.6. The minimum atomic E-state index is -1.32. The molecular weight excluding hydrogens is 264 g/mol. The number of nitriles is 1. The van der Waals surface area contributed by atoms with Crippen LogP contribution in [-0.2, 0) is 0 Å². The summed E-state index contributed by atoms with van der Waals surface area (Å²) in [6.45, 7) is 3.94. The average Bonchev–Trinajstić information content (AvgIpc) is 1.97. The van der Waals surface area contributed by atoms with Gasteiger partial charge >= 0.3 is 0 Å². The van der Waals surface area contributed by atoms with E-state index in [1.807, 2.05) is 13.8 Å². The van der Waals surface area contributed by atoms with Gasteiger partial charge in [0.2, 0.25) is 0 Å². The van der Waals surface area contributed by atoms with Gasteiger partial charge in [0, 0.05) is 18.2 Å². The number of alkyl halides is 4. The maximum atomic E-state index is 8.47. The van der Waals surface area contributed by atoms with Crippen LogP contribution in [0.15, 0.2) is 0 Å². The molecular formula is C9H13Cl4N. The van der Waals surface area contributed by atoms with E-state index < -0.39 is 3.79 Å². The largest absolute Gasteiger partial charge is 0.198 e. The summed E-state index contributed by atoms with van der Waals surface area (Å²) in [7, 11) is 0. The molecule has 0 aromatic rings. The van der Waals surface area contributed by atoms with Crippen LogP contribution in [0.4, 0.5) is 0 Å². The van der Waals surface area contributed by atoms with Crippen LogP contribution in [0.1, 0.15) is 33.1 Å². The van der Waals surface area contributed by atoms with E-state index in [2.05, 4.69) is 6.07 Å². The van der Waals surface area contributed by atoms with Gasteiger partial charge in [-0.1, -0.05) is 48.7 Å². The second-order valence-corrected chi connectivity index (χ2v) is 6.98. The minimum absolute atomic E-state index is 0.193. The highest BCUT2D eigenvalue weighted by atomic mass is 35.6. The number of hydrogen-bond acceptors (Lipinski definition) is 1. The molecule has 0 saturated carbocycles. The van der Waals surface area contributed by atoms with Crippen molar-refractivity contribution < 1.29 is 0 Å². The van der Waals surface area contributed by atoms with Gasteiger partial charge in [-0.3, -0.25) is 0 Å². The highest BCUT2D eigenvalue weighted by Gasteiger charge is 2.34. The second kappa shape index (κ2) is 5.66. The number of rotatable bonds is 4. The first-order chi connectivity index (χ1) is 6.19. The third kappa shape index (κ3) is 6.19. The Morgan fingerprint density at radius 1 is 1.29 bits per heavy atom. The lowest BCUT2D eigenvalue weighted by Crippen LogP contribution is -2.28. The van der Waals surface area contributed by atoms with Gasteiger partial charge in [-0.15, -0.1) is 11.6 Å². The molecule has 0 bridgehead atoms. The van der Waals surface area contributed by atoms with E-state index in [4.69, 9.17) is 51.7 Å². The van der Waals surface area contributed by atoms with Crippen molar-refractivity contribution in [3.8, 4) is 6.07 Å². The average molecular weight is 277 g/mol. The van der Waals surface area contributed by atoms with Crippen LogP contribution in [0.5, 0.6) is 0 Å². The summed E-state index contributed by atoms with van der Waals surface area (Å²) in [6.07, 6.45) is 1.46. The molecule has 1 unspecified atom stereocenters. The van der Waals surface area contributed by atoms with Crippen molar-refractivity contribution in [3.63, 3.8) is 0 Å². The topological polar surface area (TPSA) is 23.8 Å². The molecule has 0 aromatic heterocycles. The van der Waals surface area contributed by atoms with Crippen molar-refractivity contribution >= 4 is 46.4 Å². The van der Waals surface area contributed by atoms with Crippen molar-refractivity contribution in [2.45, 2.75) is 42.3 Å². The number of halogens is 4. The summed E-state index contributed by atoms with van der Waals surface area (Å²) in [6, 6.07) is 2.08. The normalized spacial score (nSPS) is 14.9. The van der Waals surface area contributed by atoms with Gasteiger partial charge in [0.05, 0.1) is 6.07 Å². The Labute approximate surface area is 105 Å². The van der Waals surface area contributed by atoms with Crippen molar-refractivity contribution in [2.24, 2.45) is 5.41 Å². The standard InChI is InChI=1S/C9H13Cl4N/c1-8(2,4-3-5-14)7(10)6-9(11,12)13/h7H,3-4,6H2,1-2H3. The lowest BCUT2D eigenvalue weighted by molar-refractivity contribution is 0.311. The molecule has 0 saturated heterocycles. The van der Waals surface area contributed by atoms with Crippen molar-refractivity contribution in [3.05, 3.63) is 0 Å². The van der Waals surface area contributed by atoms with Gasteiger partial charge in [-0.2, -0.15) is 5.26 Å². The predicted molar refractivity (Wildman–Crippen MR) is 63.2 cm³/mol. The van der Waals surface area contributed by atoms with E-state index in [-0.39, 0.29) is 17.2 Å². The van der Waals surface area contributed by atoms with Crippen LogP contribution >= 0.6 is 46.4 Å². The molecule has 0 heterocycles. The van der Waals surface area contributed by atoms with Gasteiger partial charge in [-0.05, 0) is 11.8 Å². The molecule has 0 amide bonds. The van der Waals surface area contributed by atoms with Gasteiger partial charge in [-0.25, -0.2) is 0 Å².